The van der Waals surface area contributed by atoms with Gasteiger partial charge in [-0.3, -0.25) is 0 Å². The monoisotopic (exact) mass is 277 g/mol. The Bertz CT molecular complexity index is 364. The van der Waals surface area contributed by atoms with E-state index in [9.17, 15) is 0 Å². The van der Waals surface area contributed by atoms with E-state index < -0.39 is 0 Å². The first-order valence-corrected chi connectivity index (χ1v) is 8.17. The van der Waals surface area contributed by atoms with Gasteiger partial charge in [0, 0.05) is 6.04 Å². The molecule has 0 radical (unpaired) electrons. The molecule has 0 fully saturated rings. The van der Waals surface area contributed by atoms with Crippen molar-refractivity contribution in [2.45, 2.75) is 71.9 Å². The van der Waals surface area contributed by atoms with Crippen LogP contribution in [0, 0.1) is 0 Å². The van der Waals surface area contributed by atoms with Crippen LogP contribution >= 0.6 is 0 Å². The highest BCUT2D eigenvalue weighted by atomic mass is 16.5. The van der Waals surface area contributed by atoms with Crippen molar-refractivity contribution in [3.8, 4) is 5.75 Å². The van der Waals surface area contributed by atoms with Gasteiger partial charge in [0.15, 0.2) is 0 Å². The van der Waals surface area contributed by atoms with Gasteiger partial charge in [0.05, 0.1) is 6.10 Å². The third-order valence-electron chi connectivity index (χ3n) is 3.67. The van der Waals surface area contributed by atoms with Crippen LogP contribution < -0.4 is 10.1 Å². The standard InChI is InChI=1S/C18H31NO/c1-5-7-8-9-11-15(3)20-18-13-10-12-17(14-18)16(4)19-6-2/h10,12-16,19H,5-9,11H2,1-4H3. The van der Waals surface area contributed by atoms with E-state index in [4.69, 9.17) is 4.74 Å². The van der Waals surface area contributed by atoms with Gasteiger partial charge in [0.2, 0.25) is 0 Å². The first-order chi connectivity index (χ1) is 9.67. The molecule has 20 heavy (non-hydrogen) atoms. The highest BCUT2D eigenvalue weighted by Crippen LogP contribution is 2.21. The second-order valence-corrected chi connectivity index (χ2v) is 5.63. The molecule has 0 amide bonds. The van der Waals surface area contributed by atoms with Gasteiger partial charge in [-0.05, 0) is 50.9 Å². The van der Waals surface area contributed by atoms with E-state index >= 15 is 0 Å². The average Bonchev–Trinajstić information content (AvgIpc) is 2.44. The molecule has 0 saturated heterocycles. The predicted octanol–water partition coefficient (Wildman–Crippen LogP) is 5.09. The Morgan fingerprint density at radius 2 is 1.90 bits per heavy atom. The Kier molecular flexibility index (Phi) is 8.36. The number of hydrogen-bond donors (Lipinski definition) is 1. The number of hydrogen-bond acceptors (Lipinski definition) is 2. The number of ether oxygens (including phenoxy) is 1. The Balaban J connectivity index is 2.44. The molecule has 0 heterocycles. The molecule has 2 atom stereocenters. The molecule has 0 aliphatic heterocycles. The van der Waals surface area contributed by atoms with E-state index in [2.05, 4.69) is 57.3 Å². The van der Waals surface area contributed by atoms with Gasteiger partial charge >= 0.3 is 0 Å². The summed E-state index contributed by atoms with van der Waals surface area (Å²) in [6, 6.07) is 8.85. The molecule has 1 rings (SSSR count). The van der Waals surface area contributed by atoms with E-state index in [0.717, 1.165) is 18.7 Å². The molecule has 1 aromatic rings. The normalized spacial score (nSPS) is 14.0. The van der Waals surface area contributed by atoms with Crippen LogP contribution in [-0.4, -0.2) is 12.6 Å². The second kappa shape index (κ2) is 9.82. The van der Waals surface area contributed by atoms with Crippen molar-refractivity contribution < 1.29 is 4.74 Å². The van der Waals surface area contributed by atoms with Crippen LogP contribution in [-0.2, 0) is 0 Å². The summed E-state index contributed by atoms with van der Waals surface area (Å²) >= 11 is 0. The van der Waals surface area contributed by atoms with Crippen LogP contribution in [0.3, 0.4) is 0 Å². The summed E-state index contributed by atoms with van der Waals surface area (Å²) in [5, 5.41) is 3.44. The van der Waals surface area contributed by atoms with Gasteiger partial charge < -0.3 is 10.1 Å². The van der Waals surface area contributed by atoms with Crippen LogP contribution in [0.5, 0.6) is 5.75 Å². The van der Waals surface area contributed by atoms with Crippen molar-refractivity contribution in [2.75, 3.05) is 6.54 Å². The van der Waals surface area contributed by atoms with Crippen molar-refractivity contribution >= 4 is 0 Å². The van der Waals surface area contributed by atoms with E-state index in [1.165, 1.54) is 31.2 Å². The van der Waals surface area contributed by atoms with Crippen molar-refractivity contribution in [1.82, 2.24) is 5.32 Å². The smallest absolute Gasteiger partial charge is 0.120 e. The molecule has 1 aromatic carbocycles. The average molecular weight is 277 g/mol. The molecule has 2 heteroatoms. The van der Waals surface area contributed by atoms with Crippen LogP contribution in [0.1, 0.15) is 71.4 Å². The maximum absolute atomic E-state index is 6.04. The maximum Gasteiger partial charge on any atom is 0.120 e. The van der Waals surface area contributed by atoms with Gasteiger partial charge in [-0.2, -0.15) is 0 Å². The fourth-order valence-corrected chi connectivity index (χ4v) is 2.43. The highest BCUT2D eigenvalue weighted by molar-refractivity contribution is 5.30. The third-order valence-corrected chi connectivity index (χ3v) is 3.67. The minimum Gasteiger partial charge on any atom is -0.491 e. The highest BCUT2D eigenvalue weighted by Gasteiger charge is 2.07. The Morgan fingerprint density at radius 1 is 1.10 bits per heavy atom. The van der Waals surface area contributed by atoms with E-state index in [-0.39, 0.29) is 0 Å². The zero-order valence-corrected chi connectivity index (χ0v) is 13.6. The lowest BCUT2D eigenvalue weighted by Crippen LogP contribution is -2.18. The van der Waals surface area contributed by atoms with Crippen molar-refractivity contribution in [2.24, 2.45) is 0 Å². The first kappa shape index (κ1) is 17.0. The molecule has 2 nitrogen and oxygen atoms in total. The van der Waals surface area contributed by atoms with E-state index in [1.807, 2.05) is 0 Å². The maximum atomic E-state index is 6.04. The van der Waals surface area contributed by atoms with Crippen LogP contribution in [0.15, 0.2) is 24.3 Å². The Morgan fingerprint density at radius 3 is 2.60 bits per heavy atom. The molecule has 2 unspecified atom stereocenters. The topological polar surface area (TPSA) is 21.3 Å². The van der Waals surface area contributed by atoms with Crippen molar-refractivity contribution in [3.05, 3.63) is 29.8 Å². The summed E-state index contributed by atoms with van der Waals surface area (Å²) in [4.78, 5) is 0. The predicted molar refractivity (Wildman–Crippen MR) is 87.4 cm³/mol. The van der Waals surface area contributed by atoms with E-state index in [1.54, 1.807) is 0 Å². The van der Waals surface area contributed by atoms with Crippen molar-refractivity contribution in [1.29, 1.82) is 0 Å². The van der Waals surface area contributed by atoms with Gasteiger partial charge in [0.25, 0.3) is 0 Å². The Labute approximate surface area is 124 Å². The summed E-state index contributed by atoms with van der Waals surface area (Å²) in [5.41, 5.74) is 1.29. The largest absolute Gasteiger partial charge is 0.491 e. The van der Waals surface area contributed by atoms with Crippen molar-refractivity contribution in [3.63, 3.8) is 0 Å². The molecule has 0 aromatic heterocycles. The molecule has 0 saturated carbocycles. The number of benzene rings is 1. The fraction of sp³-hybridized carbons (Fsp3) is 0.667. The summed E-state index contributed by atoms with van der Waals surface area (Å²) in [6.07, 6.45) is 6.66. The molecule has 1 N–H and O–H groups in total. The zero-order valence-electron chi connectivity index (χ0n) is 13.6. The van der Waals surface area contributed by atoms with Crippen LogP contribution in [0.4, 0.5) is 0 Å². The Hall–Kier alpha value is -1.02. The number of unbranched alkanes of at least 4 members (excludes halogenated alkanes) is 3. The lowest BCUT2D eigenvalue weighted by atomic mass is 10.1. The van der Waals surface area contributed by atoms with Crippen LogP contribution in [0.2, 0.25) is 0 Å². The van der Waals surface area contributed by atoms with Gasteiger partial charge in [-0.25, -0.2) is 0 Å². The quantitative estimate of drug-likeness (QED) is 0.601. The molecule has 0 bridgehead atoms. The van der Waals surface area contributed by atoms with Gasteiger partial charge in [-0.1, -0.05) is 45.2 Å². The molecule has 114 valence electrons. The summed E-state index contributed by atoms with van der Waals surface area (Å²) in [6.45, 7) is 9.73. The lowest BCUT2D eigenvalue weighted by molar-refractivity contribution is 0.206. The van der Waals surface area contributed by atoms with E-state index in [0.29, 0.717) is 12.1 Å². The van der Waals surface area contributed by atoms with Gasteiger partial charge in [0.1, 0.15) is 5.75 Å². The summed E-state index contributed by atoms with van der Waals surface area (Å²) in [7, 11) is 0. The second-order valence-electron chi connectivity index (χ2n) is 5.63. The third kappa shape index (κ3) is 6.42. The molecular weight excluding hydrogens is 246 g/mol. The number of rotatable bonds is 10. The van der Waals surface area contributed by atoms with Gasteiger partial charge in [-0.15, -0.1) is 0 Å². The number of nitrogens with one attached hydrogen (secondary N) is 1. The molecule has 0 aliphatic carbocycles. The first-order valence-electron chi connectivity index (χ1n) is 8.17. The van der Waals surface area contributed by atoms with Crippen LogP contribution in [0.25, 0.3) is 0 Å². The lowest BCUT2D eigenvalue weighted by Gasteiger charge is -2.17. The fourth-order valence-electron chi connectivity index (χ4n) is 2.43. The minimum absolute atomic E-state index is 0.302. The zero-order chi connectivity index (χ0) is 14.8. The SMILES string of the molecule is CCCCCCC(C)Oc1cccc(C(C)NCC)c1. The summed E-state index contributed by atoms with van der Waals surface area (Å²) < 4.78 is 6.04. The summed E-state index contributed by atoms with van der Waals surface area (Å²) in [5.74, 6) is 0.996. The molecule has 0 aliphatic rings. The minimum atomic E-state index is 0.302. The molecular formula is C18H31NO. The molecule has 0 spiro atoms.